The van der Waals surface area contributed by atoms with E-state index in [1.165, 1.54) is 6.07 Å². The Kier molecular flexibility index (Phi) is 5.81. The van der Waals surface area contributed by atoms with E-state index in [2.05, 4.69) is 10.6 Å². The molecule has 8 heteroatoms. The molecule has 0 saturated carbocycles. The molecule has 0 radical (unpaired) electrons. The van der Waals surface area contributed by atoms with Crippen LogP contribution in [0.2, 0.25) is 5.02 Å². The predicted molar refractivity (Wildman–Crippen MR) is 83.3 cm³/mol. The second-order valence-electron chi connectivity index (χ2n) is 4.80. The highest BCUT2D eigenvalue weighted by Crippen LogP contribution is 2.17. The summed E-state index contributed by atoms with van der Waals surface area (Å²) in [6, 6.07) is 5.97. The Bertz CT molecular complexity index is 784. The van der Waals surface area contributed by atoms with Crippen LogP contribution in [0, 0.1) is 17.5 Å². The predicted octanol–water partition coefficient (Wildman–Crippen LogP) is 3.52. The van der Waals surface area contributed by atoms with Crippen molar-refractivity contribution in [2.45, 2.75) is 6.42 Å². The minimum Gasteiger partial charge on any atom is -0.351 e. The van der Waals surface area contributed by atoms with Gasteiger partial charge in [0.15, 0.2) is 0 Å². The van der Waals surface area contributed by atoms with Crippen LogP contribution < -0.4 is 10.6 Å². The van der Waals surface area contributed by atoms with E-state index >= 15 is 0 Å². The Labute approximate surface area is 140 Å². The number of carbonyl (C=O) groups excluding carboxylic acids is 2. The Morgan fingerprint density at radius 1 is 1.00 bits per heavy atom. The third kappa shape index (κ3) is 4.73. The second kappa shape index (κ2) is 7.83. The van der Waals surface area contributed by atoms with Gasteiger partial charge in [-0.25, -0.2) is 13.2 Å². The molecule has 2 aromatic rings. The number of anilines is 1. The number of halogens is 4. The van der Waals surface area contributed by atoms with Crippen LogP contribution in [-0.2, 0) is 4.79 Å². The fourth-order valence-electron chi connectivity index (χ4n) is 1.86. The van der Waals surface area contributed by atoms with E-state index in [1.54, 1.807) is 0 Å². The molecule has 0 aliphatic rings. The number of rotatable bonds is 5. The van der Waals surface area contributed by atoms with Crippen molar-refractivity contribution in [3.05, 3.63) is 64.4 Å². The number of nitrogens with one attached hydrogen (secondary N) is 2. The fraction of sp³-hybridized carbons (Fsp3) is 0.125. The molecule has 4 nitrogen and oxygen atoms in total. The lowest BCUT2D eigenvalue weighted by atomic mass is 10.2. The van der Waals surface area contributed by atoms with Crippen LogP contribution in [0.1, 0.15) is 16.8 Å². The van der Waals surface area contributed by atoms with Gasteiger partial charge in [-0.1, -0.05) is 11.6 Å². The zero-order valence-corrected chi connectivity index (χ0v) is 13.0. The molecule has 0 fully saturated rings. The van der Waals surface area contributed by atoms with E-state index in [0.717, 1.165) is 30.3 Å². The summed E-state index contributed by atoms with van der Waals surface area (Å²) in [7, 11) is 0. The quantitative estimate of drug-likeness (QED) is 0.861. The minimum absolute atomic E-state index is 0.0567. The van der Waals surface area contributed by atoms with Crippen LogP contribution in [0.25, 0.3) is 0 Å². The van der Waals surface area contributed by atoms with Gasteiger partial charge in [-0.15, -0.1) is 0 Å². The van der Waals surface area contributed by atoms with Crippen LogP contribution in [0.3, 0.4) is 0 Å². The minimum atomic E-state index is -0.771. The molecule has 2 amide bonds. The lowest BCUT2D eigenvalue weighted by Gasteiger charge is -2.08. The first-order valence-electron chi connectivity index (χ1n) is 6.85. The third-order valence-corrected chi connectivity index (χ3v) is 3.33. The van der Waals surface area contributed by atoms with Crippen LogP contribution in [0.15, 0.2) is 36.4 Å². The van der Waals surface area contributed by atoms with E-state index in [9.17, 15) is 22.8 Å². The molecule has 0 bridgehead atoms. The monoisotopic (exact) mass is 356 g/mol. The molecule has 0 unspecified atom stereocenters. The molecule has 0 atom stereocenters. The summed E-state index contributed by atoms with van der Waals surface area (Å²) in [6.07, 6.45) is -0.166. The molecular formula is C16H12ClF3N2O2. The average molecular weight is 357 g/mol. The summed E-state index contributed by atoms with van der Waals surface area (Å²) < 4.78 is 39.3. The van der Waals surface area contributed by atoms with Crippen molar-refractivity contribution < 1.29 is 22.8 Å². The van der Waals surface area contributed by atoms with Crippen LogP contribution in [0.5, 0.6) is 0 Å². The Morgan fingerprint density at radius 3 is 2.38 bits per heavy atom. The third-order valence-electron chi connectivity index (χ3n) is 3.02. The molecule has 126 valence electrons. The van der Waals surface area contributed by atoms with Gasteiger partial charge in [-0.2, -0.15) is 0 Å². The van der Waals surface area contributed by atoms with Crippen molar-refractivity contribution in [2.24, 2.45) is 0 Å². The highest BCUT2D eigenvalue weighted by molar-refractivity contribution is 6.33. The summed E-state index contributed by atoms with van der Waals surface area (Å²) >= 11 is 5.75. The number of amides is 2. The Balaban J connectivity index is 1.86. The lowest BCUT2D eigenvalue weighted by Crippen LogP contribution is -2.28. The van der Waals surface area contributed by atoms with Gasteiger partial charge in [0.1, 0.15) is 17.5 Å². The number of hydrogen-bond acceptors (Lipinski definition) is 2. The van der Waals surface area contributed by atoms with Crippen molar-refractivity contribution in [1.29, 1.82) is 0 Å². The summed E-state index contributed by atoms with van der Waals surface area (Å²) in [5.41, 5.74) is -0.220. The van der Waals surface area contributed by atoms with Gasteiger partial charge >= 0.3 is 0 Å². The first kappa shape index (κ1) is 17.8. The fourth-order valence-corrected chi connectivity index (χ4v) is 2.12. The highest BCUT2D eigenvalue weighted by Gasteiger charge is 2.12. The van der Waals surface area contributed by atoms with Crippen LogP contribution >= 0.6 is 11.6 Å². The van der Waals surface area contributed by atoms with Crippen LogP contribution in [0.4, 0.5) is 18.9 Å². The Hall–Kier alpha value is -2.54. The molecule has 0 aromatic heterocycles. The van der Waals surface area contributed by atoms with Gasteiger partial charge in [0.2, 0.25) is 5.91 Å². The molecule has 0 aliphatic carbocycles. The standard InChI is InChI=1S/C16H12ClF3N2O2/c17-12-7-9(18)1-3-11(12)16(24)21-6-5-15(23)22-14-8-10(19)2-4-13(14)20/h1-4,7-8H,5-6H2,(H,21,24)(H,22,23). The zero-order chi connectivity index (χ0) is 17.7. The number of carbonyl (C=O) groups is 2. The van der Waals surface area contributed by atoms with Gasteiger partial charge < -0.3 is 10.6 Å². The topological polar surface area (TPSA) is 58.2 Å². The molecule has 0 aliphatic heterocycles. The van der Waals surface area contributed by atoms with Crippen LogP contribution in [-0.4, -0.2) is 18.4 Å². The van der Waals surface area contributed by atoms with Crippen molar-refractivity contribution in [1.82, 2.24) is 5.32 Å². The molecule has 24 heavy (non-hydrogen) atoms. The van der Waals surface area contributed by atoms with E-state index in [0.29, 0.717) is 0 Å². The molecule has 0 heterocycles. The number of benzene rings is 2. The maximum atomic E-state index is 13.4. The van der Waals surface area contributed by atoms with Gasteiger partial charge in [-0.3, -0.25) is 9.59 Å². The summed E-state index contributed by atoms with van der Waals surface area (Å²) in [4.78, 5) is 23.5. The molecule has 0 spiro atoms. The largest absolute Gasteiger partial charge is 0.351 e. The van der Waals surface area contributed by atoms with Crippen molar-refractivity contribution in [3.63, 3.8) is 0 Å². The Morgan fingerprint density at radius 2 is 1.67 bits per heavy atom. The maximum Gasteiger partial charge on any atom is 0.252 e. The normalized spacial score (nSPS) is 10.3. The van der Waals surface area contributed by atoms with Gasteiger partial charge in [0.25, 0.3) is 5.91 Å². The molecule has 2 rings (SSSR count). The average Bonchev–Trinajstić information content (AvgIpc) is 2.50. The summed E-state index contributed by atoms with van der Waals surface area (Å²) in [5.74, 6) is -3.22. The molecule has 2 N–H and O–H groups in total. The molecule has 2 aromatic carbocycles. The summed E-state index contributed by atoms with van der Waals surface area (Å²) in [6.45, 7) is -0.0602. The zero-order valence-electron chi connectivity index (χ0n) is 12.2. The smallest absolute Gasteiger partial charge is 0.252 e. The SMILES string of the molecule is O=C(CCNC(=O)c1ccc(F)cc1Cl)Nc1cc(F)ccc1F. The molecular weight excluding hydrogens is 345 g/mol. The van der Waals surface area contributed by atoms with E-state index in [-0.39, 0.29) is 29.2 Å². The highest BCUT2D eigenvalue weighted by atomic mass is 35.5. The van der Waals surface area contributed by atoms with Gasteiger partial charge in [-0.05, 0) is 30.3 Å². The number of hydrogen-bond donors (Lipinski definition) is 2. The van der Waals surface area contributed by atoms with E-state index in [1.807, 2.05) is 0 Å². The summed E-state index contributed by atoms with van der Waals surface area (Å²) in [5, 5.41) is 4.57. The maximum absolute atomic E-state index is 13.4. The first-order valence-corrected chi connectivity index (χ1v) is 7.23. The van der Waals surface area contributed by atoms with Crippen molar-refractivity contribution >= 4 is 29.1 Å². The first-order chi connectivity index (χ1) is 11.4. The van der Waals surface area contributed by atoms with Gasteiger partial charge in [0.05, 0.1) is 16.3 Å². The molecule has 0 saturated heterocycles. The lowest BCUT2D eigenvalue weighted by molar-refractivity contribution is -0.116. The van der Waals surface area contributed by atoms with Gasteiger partial charge in [0, 0.05) is 19.0 Å². The van der Waals surface area contributed by atoms with E-state index < -0.39 is 29.3 Å². The van der Waals surface area contributed by atoms with Crippen molar-refractivity contribution in [2.75, 3.05) is 11.9 Å². The second-order valence-corrected chi connectivity index (χ2v) is 5.21. The van der Waals surface area contributed by atoms with Crippen molar-refractivity contribution in [3.8, 4) is 0 Å². The van der Waals surface area contributed by atoms with E-state index in [4.69, 9.17) is 11.6 Å².